The quantitative estimate of drug-likeness (QED) is 0.157. The van der Waals surface area contributed by atoms with Crippen LogP contribution in [-0.2, 0) is 0 Å². The summed E-state index contributed by atoms with van der Waals surface area (Å²) in [5.41, 5.74) is 14.6. The Kier molecular flexibility index (Phi) is 47.8. The van der Waals surface area contributed by atoms with E-state index in [1.165, 1.54) is 66.8 Å². The molecule has 0 atom stereocenters. The predicted octanol–water partition coefficient (Wildman–Crippen LogP) is 21.9. The Morgan fingerprint density at radius 1 is 0.121 bits per heavy atom. The fraction of sp³-hybridized carbons (Fsp3) is 0.276. The fourth-order valence-corrected chi connectivity index (χ4v) is 6.11. The van der Waals surface area contributed by atoms with E-state index in [0.717, 1.165) is 0 Å². The van der Waals surface area contributed by atoms with Crippen molar-refractivity contribution in [3.05, 3.63) is 182 Å². The molecule has 0 amide bonds. The summed E-state index contributed by atoms with van der Waals surface area (Å²) in [7, 11) is 0. The summed E-state index contributed by atoms with van der Waals surface area (Å²) in [5, 5.41) is 0. The van der Waals surface area contributed by atoms with Crippen LogP contribution in [0.1, 0.15) is 119 Å². The summed E-state index contributed by atoms with van der Waals surface area (Å²) in [5.74, 6) is 0. The van der Waals surface area contributed by atoms with E-state index < -0.39 is 0 Å². The lowest BCUT2D eigenvalue weighted by molar-refractivity contribution is 1.51. The molecule has 0 saturated carbocycles. The van der Waals surface area contributed by atoms with E-state index in [1.54, 1.807) is 0 Å². The molecule has 0 fully saturated rings. The summed E-state index contributed by atoms with van der Waals surface area (Å²) in [6.45, 7) is 0. The molecule has 7 rings (SSSR count). The van der Waals surface area contributed by atoms with Gasteiger partial charge in [-0.05, 0) is 66.8 Å². The average molecular weight is 791 g/mol. The van der Waals surface area contributed by atoms with Gasteiger partial charge in [-0.1, -0.05) is 301 Å². The molecule has 0 nitrogen and oxygen atoms in total. The second kappa shape index (κ2) is 35.9. The first-order valence-electron chi connectivity index (χ1n) is 14.5. The van der Waals surface area contributed by atoms with Crippen LogP contribution in [0, 0.1) is 0 Å². The highest BCUT2D eigenvalue weighted by molar-refractivity contribution is 6.15. The topological polar surface area (TPSA) is 0 Å². The first-order chi connectivity index (χ1) is 20.9. The molecule has 0 bridgehead atoms. The van der Waals surface area contributed by atoms with Gasteiger partial charge in [-0.2, -0.15) is 0 Å². The van der Waals surface area contributed by atoms with Crippen molar-refractivity contribution in [1.82, 2.24) is 0 Å². The lowest BCUT2D eigenvalue weighted by atomic mass is 9.74. The molecule has 0 aromatic heterocycles. The van der Waals surface area contributed by atoms with Crippen LogP contribution in [0.3, 0.4) is 0 Å². The molecule has 0 aliphatic rings. The normalized spacial score (nSPS) is 7.86. The molecule has 58 heavy (non-hydrogen) atoms. The Hall–Kier alpha value is -5.46. The summed E-state index contributed by atoms with van der Waals surface area (Å²) in [6.07, 6.45) is 0. The first-order valence-corrected chi connectivity index (χ1v) is 14.5. The molecule has 0 heterocycles. The molecule has 0 N–H and O–H groups in total. The van der Waals surface area contributed by atoms with Crippen LogP contribution >= 0.6 is 0 Å². The number of rotatable bonds is 6. The second-order valence-corrected chi connectivity index (χ2v) is 10.4. The highest BCUT2D eigenvalue weighted by atomic mass is 14.3. The molecule has 0 spiro atoms. The van der Waals surface area contributed by atoms with Crippen LogP contribution in [0.25, 0.3) is 66.8 Å². The van der Waals surface area contributed by atoms with Crippen molar-refractivity contribution in [2.75, 3.05) is 0 Å². The minimum Gasteiger partial charge on any atom is -0.0776 e. The van der Waals surface area contributed by atoms with Crippen LogP contribution in [0.5, 0.6) is 0 Å². The van der Waals surface area contributed by atoms with Crippen molar-refractivity contribution in [2.45, 2.75) is 119 Å². The molecule has 7 aromatic carbocycles. The Morgan fingerprint density at radius 3 is 0.293 bits per heavy atom. The number of hydrogen-bond acceptors (Lipinski definition) is 0. The summed E-state index contributed by atoms with van der Waals surface area (Å²) in [4.78, 5) is 0. The van der Waals surface area contributed by atoms with Crippen LogP contribution < -0.4 is 0 Å². The minimum absolute atomic E-state index is 0. The van der Waals surface area contributed by atoms with Gasteiger partial charge in [-0.15, -0.1) is 0 Å². The number of benzene rings is 7. The molecule has 7 aromatic rings. The molecular weight excluding hydrogens is 697 g/mol. The van der Waals surface area contributed by atoms with Gasteiger partial charge in [0, 0.05) is 0 Å². The largest absolute Gasteiger partial charge is 0.0776 e. The maximum Gasteiger partial charge on any atom is -0.00139 e. The van der Waals surface area contributed by atoms with Gasteiger partial charge in [0.1, 0.15) is 0 Å². The first kappa shape index (κ1) is 77.1. The summed E-state index contributed by atoms with van der Waals surface area (Å²) in [6, 6.07) is 65.4. The third kappa shape index (κ3) is 15.1. The SMILES string of the molecule is C.C.C.C.C.C.C.C.C.C.C.C.C.C.C.C.c1ccc(-c2c(-c3ccccc3)c(-c3ccccc3)c(-c3ccccc3)c(-c3ccccc3)c2-c2ccccc2)cc1. The Labute approximate surface area is 366 Å². The van der Waals surface area contributed by atoms with E-state index in [9.17, 15) is 0 Å². The van der Waals surface area contributed by atoms with Gasteiger partial charge in [0.25, 0.3) is 0 Å². The fourth-order valence-electron chi connectivity index (χ4n) is 6.11. The van der Waals surface area contributed by atoms with Gasteiger partial charge in [-0.25, -0.2) is 0 Å². The molecule has 0 aliphatic heterocycles. The monoisotopic (exact) mass is 791 g/mol. The predicted molar refractivity (Wildman–Crippen MR) is 287 cm³/mol. The van der Waals surface area contributed by atoms with E-state index in [-0.39, 0.29) is 119 Å². The van der Waals surface area contributed by atoms with Gasteiger partial charge in [0.2, 0.25) is 0 Å². The van der Waals surface area contributed by atoms with Crippen molar-refractivity contribution in [3.63, 3.8) is 0 Å². The molecule has 0 heteroatoms. The van der Waals surface area contributed by atoms with E-state index in [2.05, 4.69) is 182 Å². The lowest BCUT2D eigenvalue weighted by Crippen LogP contribution is -2.02. The lowest BCUT2D eigenvalue weighted by Gasteiger charge is -2.28. The van der Waals surface area contributed by atoms with Crippen LogP contribution in [0.4, 0.5) is 0 Å². The van der Waals surface area contributed by atoms with E-state index in [1.807, 2.05) is 0 Å². The third-order valence-corrected chi connectivity index (χ3v) is 7.87. The molecule has 0 saturated heterocycles. The van der Waals surface area contributed by atoms with Gasteiger partial charge in [0.15, 0.2) is 0 Å². The zero-order valence-electron chi connectivity index (χ0n) is 23.3. The highest BCUT2D eigenvalue weighted by Gasteiger charge is 2.28. The van der Waals surface area contributed by atoms with Crippen molar-refractivity contribution in [1.29, 1.82) is 0 Å². The number of hydrogen-bond donors (Lipinski definition) is 0. The van der Waals surface area contributed by atoms with Crippen molar-refractivity contribution in [3.8, 4) is 66.8 Å². The smallest absolute Gasteiger partial charge is 0.00139 e. The summed E-state index contributed by atoms with van der Waals surface area (Å²) < 4.78 is 0. The second-order valence-electron chi connectivity index (χ2n) is 10.4. The zero-order chi connectivity index (χ0) is 28.1. The zero-order valence-corrected chi connectivity index (χ0v) is 23.3. The molecule has 0 radical (unpaired) electrons. The van der Waals surface area contributed by atoms with E-state index in [4.69, 9.17) is 0 Å². The standard InChI is InChI=1S/C42H30.16CH4/c1-7-19-31(20-8-1)37-38(32-21-9-2-10-22-32)40(34-25-13-4-14-26-34)42(36-29-17-6-18-30-36)41(35-27-15-5-16-28-35)39(37)33-23-11-3-12-24-33;;;;;;;;;;;;;;;;/h1-30H;16*1H4. The van der Waals surface area contributed by atoms with Gasteiger partial charge >= 0.3 is 0 Å². The molecular formula is C58H94. The van der Waals surface area contributed by atoms with Crippen molar-refractivity contribution >= 4 is 0 Å². The average Bonchev–Trinajstić information content (AvgIpc) is 3.09. The van der Waals surface area contributed by atoms with Crippen molar-refractivity contribution in [2.24, 2.45) is 0 Å². The Balaban J connectivity index is -0.000000180. The minimum atomic E-state index is 0. The molecule has 0 unspecified atom stereocenters. The third-order valence-electron chi connectivity index (χ3n) is 7.87. The van der Waals surface area contributed by atoms with Crippen LogP contribution in [-0.4, -0.2) is 0 Å². The van der Waals surface area contributed by atoms with Crippen LogP contribution in [0.2, 0.25) is 0 Å². The van der Waals surface area contributed by atoms with Gasteiger partial charge < -0.3 is 0 Å². The summed E-state index contributed by atoms with van der Waals surface area (Å²) >= 11 is 0. The van der Waals surface area contributed by atoms with Gasteiger partial charge in [-0.3, -0.25) is 0 Å². The van der Waals surface area contributed by atoms with E-state index in [0.29, 0.717) is 0 Å². The van der Waals surface area contributed by atoms with E-state index >= 15 is 0 Å². The maximum atomic E-state index is 2.25. The van der Waals surface area contributed by atoms with Crippen LogP contribution in [0.15, 0.2) is 182 Å². The Bertz CT molecular complexity index is 1510. The Morgan fingerprint density at radius 2 is 0.207 bits per heavy atom. The molecule has 326 valence electrons. The van der Waals surface area contributed by atoms with Crippen molar-refractivity contribution < 1.29 is 0 Å². The van der Waals surface area contributed by atoms with Gasteiger partial charge in [0.05, 0.1) is 0 Å². The highest BCUT2D eigenvalue weighted by Crippen LogP contribution is 2.55. The maximum absolute atomic E-state index is 2.25. The molecule has 0 aliphatic carbocycles.